The summed E-state index contributed by atoms with van der Waals surface area (Å²) < 4.78 is 65.6. The zero-order chi connectivity index (χ0) is 23.1. The first kappa shape index (κ1) is 22.8. The van der Waals surface area contributed by atoms with Crippen molar-refractivity contribution >= 4 is 32.5 Å². The molecule has 0 spiro atoms. The molecule has 32 heavy (non-hydrogen) atoms. The molecule has 3 aromatic rings. The summed E-state index contributed by atoms with van der Waals surface area (Å²) in [6.07, 6.45) is -4.61. The van der Waals surface area contributed by atoms with Crippen LogP contribution in [0.2, 0.25) is 5.02 Å². The maximum absolute atomic E-state index is 12.9. The van der Waals surface area contributed by atoms with Gasteiger partial charge in [0, 0.05) is 38.1 Å². The maximum Gasteiger partial charge on any atom is 0.416 e. The Morgan fingerprint density at radius 3 is 2.41 bits per heavy atom. The molecule has 1 aliphatic heterocycles. The van der Waals surface area contributed by atoms with Gasteiger partial charge >= 0.3 is 6.18 Å². The van der Waals surface area contributed by atoms with E-state index in [0.29, 0.717) is 31.2 Å². The molecule has 0 saturated carbocycles. The lowest BCUT2D eigenvalue weighted by molar-refractivity contribution is -0.137. The van der Waals surface area contributed by atoms with E-state index in [9.17, 15) is 26.7 Å². The number of nitrogens with zero attached hydrogens (tertiary/aromatic N) is 3. The van der Waals surface area contributed by atoms with Crippen molar-refractivity contribution in [3.8, 4) is 5.75 Å². The molecule has 0 amide bonds. The Kier molecular flexibility index (Phi) is 6.06. The highest BCUT2D eigenvalue weighted by Gasteiger charge is 2.34. The Balaban J connectivity index is 1.45. The van der Waals surface area contributed by atoms with Gasteiger partial charge < -0.3 is 5.11 Å². The number of hydrogen-bond acceptors (Lipinski definition) is 5. The SMILES string of the molecule is O=S(=O)(c1ccc(C(F)(F)F)cc1Cl)N1CCN(Cc2ccc3cccc(O)c3n2)CC1. The van der Waals surface area contributed by atoms with E-state index in [2.05, 4.69) is 4.98 Å². The number of piperazine rings is 1. The number of hydrogen-bond donors (Lipinski definition) is 1. The standard InChI is InChI=1S/C21H19ClF3N3O3S/c22-17-12-15(21(23,24)25)5-7-19(17)32(30,31)28-10-8-27(9-11-28)13-16-6-4-14-2-1-3-18(29)20(14)26-16/h1-7,12,29H,8-11,13H2. The fourth-order valence-corrected chi connectivity index (χ4v) is 5.58. The molecule has 1 N–H and O–H groups in total. The average molecular weight is 486 g/mol. The van der Waals surface area contributed by atoms with E-state index in [0.717, 1.165) is 23.2 Å². The first-order chi connectivity index (χ1) is 15.1. The zero-order valence-corrected chi connectivity index (χ0v) is 18.3. The molecule has 1 fully saturated rings. The topological polar surface area (TPSA) is 73.7 Å². The number of benzene rings is 2. The number of rotatable bonds is 4. The van der Waals surface area contributed by atoms with Gasteiger partial charge in [-0.2, -0.15) is 17.5 Å². The van der Waals surface area contributed by atoms with E-state index >= 15 is 0 Å². The number of halogens is 4. The van der Waals surface area contributed by atoms with Crippen molar-refractivity contribution < 1.29 is 26.7 Å². The molecule has 0 atom stereocenters. The van der Waals surface area contributed by atoms with Crippen LogP contribution in [0.4, 0.5) is 13.2 Å². The lowest BCUT2D eigenvalue weighted by atomic mass is 10.2. The lowest BCUT2D eigenvalue weighted by Gasteiger charge is -2.34. The summed E-state index contributed by atoms with van der Waals surface area (Å²) in [5.74, 6) is 0.0914. The van der Waals surface area contributed by atoms with Gasteiger partial charge in [-0.05, 0) is 30.3 Å². The van der Waals surface area contributed by atoms with Crippen LogP contribution in [0.1, 0.15) is 11.3 Å². The number of para-hydroxylation sites is 1. The summed E-state index contributed by atoms with van der Waals surface area (Å²) in [7, 11) is -4.03. The van der Waals surface area contributed by atoms with Crippen LogP contribution in [-0.2, 0) is 22.7 Å². The normalized spacial score (nSPS) is 16.5. The average Bonchev–Trinajstić information content (AvgIpc) is 2.74. The summed E-state index contributed by atoms with van der Waals surface area (Å²) in [5.41, 5.74) is 0.240. The van der Waals surface area contributed by atoms with Crippen LogP contribution in [0.5, 0.6) is 5.75 Å². The van der Waals surface area contributed by atoms with Gasteiger partial charge in [-0.15, -0.1) is 0 Å². The van der Waals surface area contributed by atoms with Crippen molar-refractivity contribution in [2.24, 2.45) is 0 Å². The van der Waals surface area contributed by atoms with Gasteiger partial charge in [-0.3, -0.25) is 4.90 Å². The van der Waals surface area contributed by atoms with Crippen LogP contribution in [0.25, 0.3) is 10.9 Å². The van der Waals surface area contributed by atoms with Crippen LogP contribution >= 0.6 is 11.6 Å². The summed E-state index contributed by atoms with van der Waals surface area (Å²) in [5, 5.41) is 10.4. The van der Waals surface area contributed by atoms with Crippen molar-refractivity contribution in [2.75, 3.05) is 26.2 Å². The van der Waals surface area contributed by atoms with E-state index < -0.39 is 26.8 Å². The number of sulfonamides is 1. The second-order valence-corrected chi connectivity index (χ2v) is 9.79. The van der Waals surface area contributed by atoms with E-state index in [1.54, 1.807) is 12.1 Å². The summed E-state index contributed by atoms with van der Waals surface area (Å²) in [6, 6.07) is 11.1. The highest BCUT2D eigenvalue weighted by atomic mass is 35.5. The number of fused-ring (bicyclic) bond motifs is 1. The quantitative estimate of drug-likeness (QED) is 0.602. The first-order valence-electron chi connectivity index (χ1n) is 9.72. The molecule has 2 heterocycles. The first-order valence-corrected chi connectivity index (χ1v) is 11.5. The Morgan fingerprint density at radius 1 is 1.03 bits per heavy atom. The number of alkyl halides is 3. The predicted molar refractivity (Wildman–Crippen MR) is 114 cm³/mol. The zero-order valence-electron chi connectivity index (χ0n) is 16.7. The molecule has 2 aromatic carbocycles. The monoisotopic (exact) mass is 485 g/mol. The van der Waals surface area contributed by atoms with Crippen molar-refractivity contribution in [1.29, 1.82) is 0 Å². The van der Waals surface area contributed by atoms with Gasteiger partial charge in [0.1, 0.15) is 16.2 Å². The van der Waals surface area contributed by atoms with Gasteiger partial charge in [0.25, 0.3) is 0 Å². The predicted octanol–water partition coefficient (Wildman–Crippen LogP) is 4.12. The molecule has 0 bridgehead atoms. The molecule has 4 rings (SSSR count). The Labute approximate surface area is 187 Å². The molecule has 0 unspecified atom stereocenters. The van der Waals surface area contributed by atoms with Gasteiger partial charge in [-0.25, -0.2) is 13.4 Å². The Morgan fingerprint density at radius 2 is 1.75 bits per heavy atom. The molecule has 0 radical (unpaired) electrons. The molecule has 170 valence electrons. The third-order valence-corrected chi connectivity index (χ3v) is 7.73. The Hall–Kier alpha value is -2.40. The third-order valence-electron chi connectivity index (χ3n) is 5.35. The smallest absolute Gasteiger partial charge is 0.416 e. The molecule has 6 nitrogen and oxygen atoms in total. The third kappa shape index (κ3) is 4.54. The lowest BCUT2D eigenvalue weighted by Crippen LogP contribution is -2.48. The van der Waals surface area contributed by atoms with Crippen LogP contribution in [0.3, 0.4) is 0 Å². The highest BCUT2D eigenvalue weighted by molar-refractivity contribution is 7.89. The van der Waals surface area contributed by atoms with Crippen molar-refractivity contribution in [1.82, 2.24) is 14.2 Å². The van der Waals surface area contributed by atoms with Crippen LogP contribution in [0.15, 0.2) is 53.4 Å². The molecule has 0 aliphatic carbocycles. The van der Waals surface area contributed by atoms with Gasteiger partial charge in [0.15, 0.2) is 0 Å². The van der Waals surface area contributed by atoms with Crippen molar-refractivity contribution in [3.05, 3.63) is 64.8 Å². The van der Waals surface area contributed by atoms with Crippen LogP contribution in [-0.4, -0.2) is 53.9 Å². The number of pyridine rings is 1. The molecule has 1 aliphatic rings. The van der Waals surface area contributed by atoms with E-state index in [1.165, 1.54) is 4.31 Å². The Bertz CT molecular complexity index is 1260. The van der Waals surface area contributed by atoms with Crippen LogP contribution < -0.4 is 0 Å². The highest BCUT2D eigenvalue weighted by Crippen LogP contribution is 2.34. The number of aromatic hydroxyl groups is 1. The molecular formula is C21H19ClF3N3O3S. The molecule has 1 aromatic heterocycles. The summed E-state index contributed by atoms with van der Waals surface area (Å²) in [6.45, 7) is 1.63. The number of phenols is 1. The molecule has 1 saturated heterocycles. The van der Waals surface area contributed by atoms with Crippen molar-refractivity contribution in [2.45, 2.75) is 17.6 Å². The fraction of sp³-hybridized carbons (Fsp3) is 0.286. The number of aromatic nitrogens is 1. The summed E-state index contributed by atoms with van der Waals surface area (Å²) in [4.78, 5) is 6.17. The maximum atomic E-state index is 12.9. The second kappa shape index (κ2) is 8.51. The number of phenolic OH excluding ortho intramolecular Hbond substituents is 1. The largest absolute Gasteiger partial charge is 0.506 e. The minimum atomic E-state index is -4.61. The van der Waals surface area contributed by atoms with Crippen molar-refractivity contribution in [3.63, 3.8) is 0 Å². The van der Waals surface area contributed by atoms with Gasteiger partial charge in [0.05, 0.1) is 16.3 Å². The van der Waals surface area contributed by atoms with E-state index in [1.807, 2.05) is 23.1 Å². The summed E-state index contributed by atoms with van der Waals surface area (Å²) >= 11 is 5.89. The minimum Gasteiger partial charge on any atom is -0.506 e. The molecule has 11 heteroatoms. The van der Waals surface area contributed by atoms with E-state index in [4.69, 9.17) is 11.6 Å². The minimum absolute atomic E-state index is 0.0914. The fourth-order valence-electron chi connectivity index (χ4n) is 3.64. The van der Waals surface area contributed by atoms with Gasteiger partial charge in [-0.1, -0.05) is 29.8 Å². The second-order valence-electron chi connectivity index (χ2n) is 7.47. The van der Waals surface area contributed by atoms with Crippen LogP contribution in [0, 0.1) is 0 Å². The van der Waals surface area contributed by atoms with Gasteiger partial charge in [0.2, 0.25) is 10.0 Å². The van der Waals surface area contributed by atoms with E-state index in [-0.39, 0.29) is 23.7 Å². The molecular weight excluding hydrogens is 467 g/mol.